The zero-order chi connectivity index (χ0) is 10.1. The number of hydrogen-bond donors (Lipinski definition) is 1. The van der Waals surface area contributed by atoms with Gasteiger partial charge in [-0.05, 0) is 18.1 Å². The molecule has 0 saturated carbocycles. The van der Waals surface area contributed by atoms with Crippen LogP contribution in [-0.2, 0) is 6.42 Å². The lowest BCUT2D eigenvalue weighted by atomic mass is 9.99. The minimum absolute atomic E-state index is 0.0782. The molecule has 0 bridgehead atoms. The lowest BCUT2D eigenvalue weighted by Gasteiger charge is -2.06. The van der Waals surface area contributed by atoms with E-state index in [2.05, 4.69) is 11.4 Å². The van der Waals surface area contributed by atoms with Crippen molar-refractivity contribution in [2.24, 2.45) is 5.92 Å². The molecule has 0 aromatic heterocycles. The van der Waals surface area contributed by atoms with E-state index in [4.69, 9.17) is 0 Å². The smallest absolute Gasteiger partial charge is 0.165 e. The summed E-state index contributed by atoms with van der Waals surface area (Å²) in [7, 11) is 0. The molecule has 1 aliphatic rings. The van der Waals surface area contributed by atoms with Crippen LogP contribution in [-0.4, -0.2) is 12.3 Å². The van der Waals surface area contributed by atoms with E-state index in [1.165, 1.54) is 5.56 Å². The van der Waals surface area contributed by atoms with Crippen LogP contribution in [0.1, 0.15) is 29.8 Å². The summed E-state index contributed by atoms with van der Waals surface area (Å²) in [6.45, 7) is 4.86. The summed E-state index contributed by atoms with van der Waals surface area (Å²) in [5.74, 6) is 0.302. The van der Waals surface area contributed by atoms with E-state index >= 15 is 0 Å². The zero-order valence-electron chi connectivity index (χ0n) is 8.63. The summed E-state index contributed by atoms with van der Waals surface area (Å²) in [6.07, 6.45) is 1.07. The van der Waals surface area contributed by atoms with Crippen molar-refractivity contribution in [3.63, 3.8) is 0 Å². The zero-order valence-corrected chi connectivity index (χ0v) is 8.63. The van der Waals surface area contributed by atoms with E-state index in [9.17, 15) is 4.79 Å². The van der Waals surface area contributed by atoms with Gasteiger partial charge in [-0.25, -0.2) is 0 Å². The van der Waals surface area contributed by atoms with Gasteiger partial charge in [0.1, 0.15) is 0 Å². The molecule has 0 fully saturated rings. The highest BCUT2D eigenvalue weighted by molar-refractivity contribution is 5.98. The molecule has 74 valence electrons. The molecule has 1 aromatic rings. The number of carbonyl (C=O) groups excluding carboxylic acids is 1. The third kappa shape index (κ3) is 1.52. The second-order valence-electron chi connectivity index (χ2n) is 4.07. The molecule has 0 atom stereocenters. The van der Waals surface area contributed by atoms with Crippen molar-refractivity contribution in [2.45, 2.75) is 20.3 Å². The maximum Gasteiger partial charge on any atom is 0.165 e. The molecule has 1 aromatic carbocycles. The van der Waals surface area contributed by atoms with Gasteiger partial charge in [-0.15, -0.1) is 0 Å². The van der Waals surface area contributed by atoms with Crippen molar-refractivity contribution in [3.8, 4) is 0 Å². The van der Waals surface area contributed by atoms with Gasteiger partial charge in [0.15, 0.2) is 5.78 Å². The quantitative estimate of drug-likeness (QED) is 0.724. The summed E-state index contributed by atoms with van der Waals surface area (Å²) in [5.41, 5.74) is 3.29. The molecule has 1 heterocycles. The SMILES string of the molecule is CC(C)C(=O)c1ccc2c(c1)NCC2. The fourth-order valence-corrected chi connectivity index (χ4v) is 1.78. The molecule has 2 rings (SSSR count). The monoisotopic (exact) mass is 189 g/mol. The number of nitrogens with one attached hydrogen (secondary N) is 1. The van der Waals surface area contributed by atoms with Gasteiger partial charge in [0.25, 0.3) is 0 Å². The van der Waals surface area contributed by atoms with Gasteiger partial charge in [0.2, 0.25) is 0 Å². The number of hydrogen-bond acceptors (Lipinski definition) is 2. The largest absolute Gasteiger partial charge is 0.384 e. The van der Waals surface area contributed by atoms with E-state index in [1.54, 1.807) is 0 Å². The number of anilines is 1. The van der Waals surface area contributed by atoms with Gasteiger partial charge in [0, 0.05) is 23.7 Å². The Kier molecular flexibility index (Phi) is 2.28. The number of carbonyl (C=O) groups is 1. The number of ketones is 1. The molecule has 14 heavy (non-hydrogen) atoms. The van der Waals surface area contributed by atoms with Crippen LogP contribution in [0, 0.1) is 5.92 Å². The van der Waals surface area contributed by atoms with Crippen LogP contribution < -0.4 is 5.32 Å². The van der Waals surface area contributed by atoms with Crippen LogP contribution >= 0.6 is 0 Å². The number of rotatable bonds is 2. The Labute approximate surface area is 84.3 Å². The van der Waals surface area contributed by atoms with Gasteiger partial charge >= 0.3 is 0 Å². The third-order valence-electron chi connectivity index (χ3n) is 2.63. The first-order chi connectivity index (χ1) is 6.68. The lowest BCUT2D eigenvalue weighted by molar-refractivity contribution is 0.0939. The molecule has 1 aliphatic heterocycles. The van der Waals surface area contributed by atoms with Crippen LogP contribution in [0.2, 0.25) is 0 Å². The Morgan fingerprint density at radius 2 is 2.21 bits per heavy atom. The second-order valence-corrected chi connectivity index (χ2v) is 4.07. The molecule has 0 saturated heterocycles. The Morgan fingerprint density at radius 1 is 1.43 bits per heavy atom. The average molecular weight is 189 g/mol. The highest BCUT2D eigenvalue weighted by Gasteiger charge is 2.15. The van der Waals surface area contributed by atoms with Crippen LogP contribution in [0.25, 0.3) is 0 Å². The van der Waals surface area contributed by atoms with Crippen LogP contribution in [0.3, 0.4) is 0 Å². The summed E-state index contributed by atoms with van der Waals surface area (Å²) >= 11 is 0. The molecule has 0 unspecified atom stereocenters. The van der Waals surface area contributed by atoms with Crippen LogP contribution in [0.4, 0.5) is 5.69 Å². The van der Waals surface area contributed by atoms with Crippen LogP contribution in [0.5, 0.6) is 0 Å². The topological polar surface area (TPSA) is 29.1 Å². The Morgan fingerprint density at radius 3 is 2.93 bits per heavy atom. The van der Waals surface area contributed by atoms with Crippen molar-refractivity contribution in [3.05, 3.63) is 29.3 Å². The summed E-state index contributed by atoms with van der Waals surface area (Å²) in [6, 6.07) is 5.98. The maximum absolute atomic E-state index is 11.7. The first-order valence-corrected chi connectivity index (χ1v) is 5.09. The predicted octanol–water partition coefficient (Wildman–Crippen LogP) is 2.49. The van der Waals surface area contributed by atoms with Crippen molar-refractivity contribution >= 4 is 11.5 Å². The van der Waals surface area contributed by atoms with Gasteiger partial charge in [-0.2, -0.15) is 0 Å². The number of fused-ring (bicyclic) bond motifs is 1. The Balaban J connectivity index is 2.33. The average Bonchev–Trinajstić information content (AvgIpc) is 2.62. The fourth-order valence-electron chi connectivity index (χ4n) is 1.78. The highest BCUT2D eigenvalue weighted by atomic mass is 16.1. The first kappa shape index (κ1) is 9.25. The first-order valence-electron chi connectivity index (χ1n) is 5.09. The van der Waals surface area contributed by atoms with Crippen molar-refractivity contribution < 1.29 is 4.79 Å². The molecule has 0 aliphatic carbocycles. The molecule has 0 radical (unpaired) electrons. The molecule has 0 amide bonds. The molecular formula is C12H15NO. The van der Waals surface area contributed by atoms with Gasteiger partial charge in [0.05, 0.1) is 0 Å². The predicted molar refractivity (Wildman–Crippen MR) is 57.8 cm³/mol. The normalized spacial score (nSPS) is 13.9. The van der Waals surface area contributed by atoms with E-state index in [-0.39, 0.29) is 11.7 Å². The van der Waals surface area contributed by atoms with Crippen molar-refractivity contribution in [1.82, 2.24) is 0 Å². The van der Waals surface area contributed by atoms with Gasteiger partial charge < -0.3 is 5.32 Å². The minimum Gasteiger partial charge on any atom is -0.384 e. The molecule has 2 heteroatoms. The number of benzene rings is 1. The summed E-state index contributed by atoms with van der Waals surface area (Å²) in [4.78, 5) is 11.7. The van der Waals surface area contributed by atoms with Gasteiger partial charge in [-0.3, -0.25) is 4.79 Å². The van der Waals surface area contributed by atoms with Crippen LogP contribution in [0.15, 0.2) is 18.2 Å². The Bertz CT molecular complexity index is 369. The summed E-state index contributed by atoms with van der Waals surface area (Å²) in [5, 5.41) is 3.28. The minimum atomic E-state index is 0.0782. The van der Waals surface area contributed by atoms with E-state index < -0.39 is 0 Å². The summed E-state index contributed by atoms with van der Waals surface area (Å²) < 4.78 is 0. The van der Waals surface area contributed by atoms with E-state index in [0.29, 0.717) is 0 Å². The molecular weight excluding hydrogens is 174 g/mol. The molecule has 2 nitrogen and oxygen atoms in total. The molecule has 0 spiro atoms. The lowest BCUT2D eigenvalue weighted by Crippen LogP contribution is -2.07. The second kappa shape index (κ2) is 3.45. The third-order valence-corrected chi connectivity index (χ3v) is 2.63. The van der Waals surface area contributed by atoms with E-state index in [0.717, 1.165) is 24.2 Å². The highest BCUT2D eigenvalue weighted by Crippen LogP contribution is 2.24. The van der Waals surface area contributed by atoms with Crippen molar-refractivity contribution in [1.29, 1.82) is 0 Å². The standard InChI is InChI=1S/C12H15NO/c1-8(2)12(14)10-4-3-9-5-6-13-11(9)7-10/h3-4,7-8,13H,5-6H2,1-2H3. The number of Topliss-reactive ketones (excluding diaryl/α,β-unsaturated/α-hetero) is 1. The van der Waals surface area contributed by atoms with E-state index in [1.807, 2.05) is 26.0 Å². The van der Waals surface area contributed by atoms with Gasteiger partial charge in [-0.1, -0.05) is 26.0 Å². The molecule has 1 N–H and O–H groups in total. The van der Waals surface area contributed by atoms with Crippen molar-refractivity contribution in [2.75, 3.05) is 11.9 Å². The fraction of sp³-hybridized carbons (Fsp3) is 0.417. The maximum atomic E-state index is 11.7. The Hall–Kier alpha value is -1.31.